The van der Waals surface area contributed by atoms with Gasteiger partial charge in [-0.15, -0.1) is 11.3 Å². The molecular weight excluding hydrogens is 308 g/mol. The third-order valence-corrected chi connectivity index (χ3v) is 7.24. The molecular formula is C14H24N2O3S2. The van der Waals surface area contributed by atoms with Crippen LogP contribution in [0, 0.1) is 6.92 Å². The number of morpholine rings is 1. The highest BCUT2D eigenvalue weighted by Crippen LogP contribution is 2.30. The maximum Gasteiger partial charge on any atom is 0.252 e. The van der Waals surface area contributed by atoms with Crippen molar-refractivity contribution in [2.45, 2.75) is 50.5 Å². The molecule has 1 atom stereocenters. The fourth-order valence-corrected chi connectivity index (χ4v) is 5.54. The van der Waals surface area contributed by atoms with Crippen LogP contribution in [0.5, 0.6) is 0 Å². The first-order valence-electron chi connectivity index (χ1n) is 7.24. The molecule has 1 aromatic heterocycles. The number of thiophene rings is 1. The summed E-state index contributed by atoms with van der Waals surface area (Å²) in [5, 5.41) is 3.34. The molecule has 7 heteroatoms. The van der Waals surface area contributed by atoms with Gasteiger partial charge in [0.25, 0.3) is 10.0 Å². The molecule has 1 fully saturated rings. The van der Waals surface area contributed by atoms with Crippen molar-refractivity contribution in [2.75, 3.05) is 19.8 Å². The lowest BCUT2D eigenvalue weighted by Crippen LogP contribution is -2.46. The molecule has 1 aliphatic heterocycles. The standard InChI is InChI=1S/C14H24N2O3S2/c1-10(2)15-8-13-11(3)7-14(20-13)21(17,18)16-5-6-19-9-12(16)4/h7,10,12,15H,5-6,8-9H2,1-4H3. The molecule has 1 N–H and O–H groups in total. The van der Waals surface area contributed by atoms with Crippen molar-refractivity contribution < 1.29 is 13.2 Å². The van der Waals surface area contributed by atoms with Crippen LogP contribution in [0.25, 0.3) is 0 Å². The first-order chi connectivity index (χ1) is 9.82. The zero-order valence-electron chi connectivity index (χ0n) is 13.0. The van der Waals surface area contributed by atoms with E-state index in [1.54, 1.807) is 10.4 Å². The van der Waals surface area contributed by atoms with E-state index in [0.717, 1.165) is 10.4 Å². The summed E-state index contributed by atoms with van der Waals surface area (Å²) in [4.78, 5) is 1.09. The molecule has 1 saturated heterocycles. The monoisotopic (exact) mass is 332 g/mol. The molecule has 0 amide bonds. The van der Waals surface area contributed by atoms with Crippen molar-refractivity contribution in [2.24, 2.45) is 0 Å². The Morgan fingerprint density at radius 3 is 2.86 bits per heavy atom. The Kier molecular flexibility index (Phi) is 5.43. The summed E-state index contributed by atoms with van der Waals surface area (Å²) in [6.45, 7) is 10.1. The Bertz CT molecular complexity index is 581. The Balaban J connectivity index is 2.22. The van der Waals surface area contributed by atoms with Gasteiger partial charge in [-0.3, -0.25) is 0 Å². The molecule has 0 saturated carbocycles. The van der Waals surface area contributed by atoms with Crippen LogP contribution in [-0.2, 0) is 21.3 Å². The SMILES string of the molecule is Cc1cc(S(=O)(=O)N2CCOCC2C)sc1CNC(C)C. The smallest absolute Gasteiger partial charge is 0.252 e. The summed E-state index contributed by atoms with van der Waals surface area (Å²) in [5.41, 5.74) is 1.03. The molecule has 0 spiro atoms. The molecule has 1 unspecified atom stereocenters. The van der Waals surface area contributed by atoms with Crippen molar-refractivity contribution in [3.05, 3.63) is 16.5 Å². The third-order valence-electron chi connectivity index (χ3n) is 3.54. The Morgan fingerprint density at radius 1 is 1.52 bits per heavy atom. The van der Waals surface area contributed by atoms with E-state index in [9.17, 15) is 8.42 Å². The summed E-state index contributed by atoms with van der Waals surface area (Å²) in [7, 11) is -3.41. The lowest BCUT2D eigenvalue weighted by atomic mass is 10.3. The average Bonchev–Trinajstić information content (AvgIpc) is 2.79. The molecule has 1 aromatic rings. The number of rotatable bonds is 5. The van der Waals surface area contributed by atoms with Crippen LogP contribution >= 0.6 is 11.3 Å². The lowest BCUT2D eigenvalue weighted by molar-refractivity contribution is 0.0393. The van der Waals surface area contributed by atoms with Crippen LogP contribution in [-0.4, -0.2) is 44.6 Å². The highest BCUT2D eigenvalue weighted by molar-refractivity contribution is 7.91. The Morgan fingerprint density at radius 2 is 2.24 bits per heavy atom. The van der Waals surface area contributed by atoms with Crippen LogP contribution in [0.1, 0.15) is 31.2 Å². The molecule has 2 rings (SSSR count). The van der Waals surface area contributed by atoms with Gasteiger partial charge in [0.1, 0.15) is 4.21 Å². The van der Waals surface area contributed by atoms with Gasteiger partial charge >= 0.3 is 0 Å². The van der Waals surface area contributed by atoms with E-state index >= 15 is 0 Å². The molecule has 2 heterocycles. The second-order valence-corrected chi connectivity index (χ2v) is 9.00. The highest BCUT2D eigenvalue weighted by atomic mass is 32.2. The molecule has 0 aromatic carbocycles. The van der Waals surface area contributed by atoms with Crippen molar-refractivity contribution in [1.82, 2.24) is 9.62 Å². The minimum Gasteiger partial charge on any atom is -0.378 e. The average molecular weight is 332 g/mol. The Labute approximate surface area is 131 Å². The molecule has 0 aliphatic carbocycles. The molecule has 5 nitrogen and oxygen atoms in total. The number of nitrogens with one attached hydrogen (secondary N) is 1. The molecule has 1 aliphatic rings. The van der Waals surface area contributed by atoms with E-state index in [0.29, 0.717) is 36.6 Å². The lowest BCUT2D eigenvalue weighted by Gasteiger charge is -2.31. The van der Waals surface area contributed by atoms with Gasteiger partial charge in [-0.05, 0) is 25.5 Å². The van der Waals surface area contributed by atoms with E-state index in [2.05, 4.69) is 19.2 Å². The summed E-state index contributed by atoms with van der Waals surface area (Å²) in [6, 6.07) is 2.06. The Hall–Kier alpha value is -0.470. The number of ether oxygens (including phenoxy) is 1. The summed E-state index contributed by atoms with van der Waals surface area (Å²) in [6.07, 6.45) is 0. The van der Waals surface area contributed by atoms with E-state index in [1.807, 2.05) is 13.8 Å². The normalized spacial score (nSPS) is 21.1. The number of hydrogen-bond donors (Lipinski definition) is 1. The number of sulfonamides is 1. The first kappa shape index (κ1) is 16.9. The van der Waals surface area contributed by atoms with E-state index in [1.165, 1.54) is 11.3 Å². The zero-order chi connectivity index (χ0) is 15.6. The molecule has 120 valence electrons. The van der Waals surface area contributed by atoms with Crippen LogP contribution < -0.4 is 5.32 Å². The number of hydrogen-bond acceptors (Lipinski definition) is 5. The van der Waals surface area contributed by atoms with Gasteiger partial charge in [-0.25, -0.2) is 8.42 Å². The van der Waals surface area contributed by atoms with Gasteiger partial charge in [0.15, 0.2) is 0 Å². The summed E-state index contributed by atoms with van der Waals surface area (Å²) >= 11 is 1.37. The fourth-order valence-electron chi connectivity index (χ4n) is 2.27. The van der Waals surface area contributed by atoms with Gasteiger partial charge in [0.05, 0.1) is 13.2 Å². The largest absolute Gasteiger partial charge is 0.378 e. The van der Waals surface area contributed by atoms with E-state index in [4.69, 9.17) is 4.74 Å². The maximum absolute atomic E-state index is 12.8. The predicted molar refractivity (Wildman–Crippen MR) is 85.2 cm³/mol. The van der Waals surface area contributed by atoms with Crippen LogP contribution in [0.4, 0.5) is 0 Å². The summed E-state index contributed by atoms with van der Waals surface area (Å²) < 4.78 is 32.8. The van der Waals surface area contributed by atoms with Crippen molar-refractivity contribution in [3.8, 4) is 0 Å². The van der Waals surface area contributed by atoms with Crippen LogP contribution in [0.2, 0.25) is 0 Å². The minimum atomic E-state index is -3.41. The van der Waals surface area contributed by atoms with Gasteiger partial charge in [-0.1, -0.05) is 13.8 Å². The van der Waals surface area contributed by atoms with Crippen LogP contribution in [0.15, 0.2) is 10.3 Å². The molecule has 21 heavy (non-hydrogen) atoms. The molecule has 0 bridgehead atoms. The zero-order valence-corrected chi connectivity index (χ0v) is 14.7. The number of nitrogens with zero attached hydrogens (tertiary/aromatic N) is 1. The van der Waals surface area contributed by atoms with Gasteiger partial charge < -0.3 is 10.1 Å². The second-order valence-electron chi connectivity index (χ2n) is 5.75. The van der Waals surface area contributed by atoms with E-state index in [-0.39, 0.29) is 6.04 Å². The topological polar surface area (TPSA) is 58.6 Å². The predicted octanol–water partition coefficient (Wildman–Crippen LogP) is 1.96. The molecule has 0 radical (unpaired) electrons. The highest BCUT2D eigenvalue weighted by Gasteiger charge is 2.33. The van der Waals surface area contributed by atoms with E-state index < -0.39 is 10.0 Å². The van der Waals surface area contributed by atoms with Gasteiger partial charge in [-0.2, -0.15) is 4.31 Å². The minimum absolute atomic E-state index is 0.108. The van der Waals surface area contributed by atoms with Gasteiger partial charge in [0, 0.05) is 30.1 Å². The van der Waals surface area contributed by atoms with Crippen molar-refractivity contribution >= 4 is 21.4 Å². The maximum atomic E-state index is 12.8. The quantitative estimate of drug-likeness (QED) is 0.895. The fraction of sp³-hybridized carbons (Fsp3) is 0.714. The van der Waals surface area contributed by atoms with Gasteiger partial charge in [0.2, 0.25) is 0 Å². The third kappa shape index (κ3) is 3.84. The van der Waals surface area contributed by atoms with Crippen molar-refractivity contribution in [1.29, 1.82) is 0 Å². The summed E-state index contributed by atoms with van der Waals surface area (Å²) in [5.74, 6) is 0. The van der Waals surface area contributed by atoms with Crippen LogP contribution in [0.3, 0.4) is 0 Å². The number of aryl methyl sites for hydroxylation is 1. The first-order valence-corrected chi connectivity index (χ1v) is 9.50. The van der Waals surface area contributed by atoms with Crippen molar-refractivity contribution in [3.63, 3.8) is 0 Å². The second kappa shape index (κ2) is 6.75.